The molecule has 0 saturated carbocycles. The van der Waals surface area contributed by atoms with Gasteiger partial charge >= 0.3 is 0 Å². The largest absolute Gasteiger partial charge is 0.377 e. The van der Waals surface area contributed by atoms with Crippen molar-refractivity contribution in [2.45, 2.75) is 18.2 Å². The molecule has 1 saturated heterocycles. The van der Waals surface area contributed by atoms with E-state index in [0.717, 1.165) is 30.0 Å². The lowest BCUT2D eigenvalue weighted by Gasteiger charge is -2.20. The summed E-state index contributed by atoms with van der Waals surface area (Å²) < 4.78 is 10.9. The minimum atomic E-state index is -0.545. The van der Waals surface area contributed by atoms with Crippen molar-refractivity contribution >= 4 is 17.3 Å². The smallest absolute Gasteiger partial charge is 0.248 e. The summed E-state index contributed by atoms with van der Waals surface area (Å²) in [6.45, 7) is 1.55. The van der Waals surface area contributed by atoms with Gasteiger partial charge in [0.25, 0.3) is 0 Å². The van der Waals surface area contributed by atoms with E-state index in [4.69, 9.17) is 15.2 Å². The normalized spacial score (nSPS) is 28.4. The molecule has 2 N–H and O–H groups in total. The van der Waals surface area contributed by atoms with Crippen molar-refractivity contribution in [1.29, 1.82) is 0 Å². The van der Waals surface area contributed by atoms with Gasteiger partial charge in [-0.25, -0.2) is 0 Å². The number of ether oxygens (including phenoxy) is 2. The number of carbonyl (C=O) groups is 1. The van der Waals surface area contributed by atoms with Crippen LogP contribution in [-0.2, 0) is 14.3 Å². The molecule has 21 heavy (non-hydrogen) atoms. The Balaban J connectivity index is 1.88. The van der Waals surface area contributed by atoms with Crippen LogP contribution in [-0.4, -0.2) is 52.5 Å². The fourth-order valence-electron chi connectivity index (χ4n) is 3.15. The lowest BCUT2D eigenvalue weighted by molar-refractivity contribution is -0.118. The third-order valence-corrected chi connectivity index (χ3v) is 4.49. The molecule has 3 atom stereocenters. The van der Waals surface area contributed by atoms with E-state index in [9.17, 15) is 4.79 Å². The van der Waals surface area contributed by atoms with Crippen molar-refractivity contribution in [3.8, 4) is 0 Å². The lowest BCUT2D eigenvalue weighted by Crippen LogP contribution is -2.28. The fraction of sp³-hybridized carbons (Fsp3) is 0.533. The SMILES string of the molecule is COC1CN(c2ccc3c(c2)N(C)C(=O)C3N)CC1OC. The van der Waals surface area contributed by atoms with Gasteiger partial charge in [-0.15, -0.1) is 0 Å². The number of anilines is 2. The van der Waals surface area contributed by atoms with Gasteiger partial charge in [0.2, 0.25) is 5.91 Å². The molecule has 3 rings (SSSR count). The Bertz CT molecular complexity index is 551. The molecule has 1 amide bonds. The summed E-state index contributed by atoms with van der Waals surface area (Å²) in [6, 6.07) is 5.43. The maximum Gasteiger partial charge on any atom is 0.248 e. The van der Waals surface area contributed by atoms with Gasteiger partial charge < -0.3 is 25.0 Å². The van der Waals surface area contributed by atoms with Gasteiger partial charge in [0.15, 0.2) is 0 Å². The summed E-state index contributed by atoms with van der Waals surface area (Å²) in [5.74, 6) is -0.0619. The minimum Gasteiger partial charge on any atom is -0.377 e. The van der Waals surface area contributed by atoms with Crippen LogP contribution < -0.4 is 15.5 Å². The summed E-state index contributed by atoms with van der Waals surface area (Å²) in [5.41, 5.74) is 8.76. The zero-order valence-corrected chi connectivity index (χ0v) is 12.6. The van der Waals surface area contributed by atoms with E-state index < -0.39 is 6.04 Å². The van der Waals surface area contributed by atoms with Crippen LogP contribution in [0.5, 0.6) is 0 Å². The van der Waals surface area contributed by atoms with E-state index in [2.05, 4.69) is 4.90 Å². The molecule has 2 aliphatic rings. The molecular formula is C15H21N3O3. The topological polar surface area (TPSA) is 68.0 Å². The predicted octanol–water partition coefficient (Wildman–Crippen LogP) is 0.513. The van der Waals surface area contributed by atoms with Gasteiger partial charge in [-0.05, 0) is 12.1 Å². The summed E-state index contributed by atoms with van der Waals surface area (Å²) in [5, 5.41) is 0. The number of carbonyl (C=O) groups excluding carboxylic acids is 1. The van der Waals surface area contributed by atoms with Crippen molar-refractivity contribution in [2.24, 2.45) is 5.73 Å². The Morgan fingerprint density at radius 1 is 1.19 bits per heavy atom. The standard InChI is InChI=1S/C15H21N3O3/c1-17-11-6-9(4-5-10(11)14(16)15(17)19)18-7-12(20-2)13(8-18)21-3/h4-6,12-14H,7-8,16H2,1-3H3. The number of fused-ring (bicyclic) bond motifs is 1. The first-order valence-electron chi connectivity index (χ1n) is 7.04. The Kier molecular flexibility index (Phi) is 3.61. The van der Waals surface area contributed by atoms with Crippen LogP contribution in [0, 0.1) is 0 Å². The van der Waals surface area contributed by atoms with Gasteiger partial charge in [0.1, 0.15) is 18.2 Å². The first kappa shape index (κ1) is 14.3. The number of nitrogens with two attached hydrogens (primary N) is 1. The zero-order chi connectivity index (χ0) is 15.1. The number of methoxy groups -OCH3 is 2. The molecule has 2 aliphatic heterocycles. The van der Waals surface area contributed by atoms with Gasteiger partial charge in [-0.3, -0.25) is 4.79 Å². The molecule has 0 bridgehead atoms. The van der Waals surface area contributed by atoms with Crippen LogP contribution in [0.25, 0.3) is 0 Å². The zero-order valence-electron chi connectivity index (χ0n) is 12.6. The predicted molar refractivity (Wildman–Crippen MR) is 80.6 cm³/mol. The molecule has 2 heterocycles. The highest BCUT2D eigenvalue weighted by Gasteiger charge is 2.36. The number of hydrogen-bond acceptors (Lipinski definition) is 5. The van der Waals surface area contributed by atoms with Crippen molar-refractivity contribution in [1.82, 2.24) is 0 Å². The number of hydrogen-bond donors (Lipinski definition) is 1. The first-order valence-corrected chi connectivity index (χ1v) is 7.04. The molecule has 3 unspecified atom stereocenters. The van der Waals surface area contributed by atoms with Gasteiger partial charge in [0.05, 0.1) is 5.69 Å². The van der Waals surface area contributed by atoms with E-state index in [1.807, 2.05) is 18.2 Å². The second-order valence-electron chi connectivity index (χ2n) is 5.57. The lowest BCUT2D eigenvalue weighted by atomic mass is 10.1. The number of rotatable bonds is 3. The quantitative estimate of drug-likeness (QED) is 0.879. The molecule has 0 radical (unpaired) electrons. The van der Waals surface area contributed by atoms with Crippen LogP contribution in [0.15, 0.2) is 18.2 Å². The minimum absolute atomic E-state index is 0.0601. The molecule has 0 spiro atoms. The number of benzene rings is 1. The molecule has 1 aromatic rings. The molecule has 114 valence electrons. The summed E-state index contributed by atoms with van der Waals surface area (Å²) in [4.78, 5) is 15.8. The van der Waals surface area contributed by atoms with Crippen LogP contribution in [0.2, 0.25) is 0 Å². The van der Waals surface area contributed by atoms with Crippen LogP contribution >= 0.6 is 0 Å². The van der Waals surface area contributed by atoms with E-state index in [0.29, 0.717) is 0 Å². The third kappa shape index (κ3) is 2.19. The van der Waals surface area contributed by atoms with E-state index in [1.165, 1.54) is 0 Å². The molecule has 0 aliphatic carbocycles. The van der Waals surface area contributed by atoms with E-state index >= 15 is 0 Å². The average molecular weight is 291 g/mol. The number of nitrogens with zero attached hydrogens (tertiary/aromatic N) is 2. The van der Waals surface area contributed by atoms with E-state index in [1.54, 1.807) is 26.2 Å². The molecular weight excluding hydrogens is 270 g/mol. The highest BCUT2D eigenvalue weighted by Crippen LogP contribution is 2.37. The Morgan fingerprint density at radius 3 is 2.38 bits per heavy atom. The van der Waals surface area contributed by atoms with Gasteiger partial charge in [-0.1, -0.05) is 6.07 Å². The van der Waals surface area contributed by atoms with Crippen molar-refractivity contribution in [2.75, 3.05) is 44.2 Å². The molecule has 6 heteroatoms. The average Bonchev–Trinajstić information content (AvgIpc) is 3.03. The summed E-state index contributed by atoms with van der Waals surface area (Å²) in [6.07, 6.45) is 0.120. The van der Waals surface area contributed by atoms with E-state index in [-0.39, 0.29) is 18.1 Å². The summed E-state index contributed by atoms with van der Waals surface area (Å²) >= 11 is 0. The second-order valence-corrected chi connectivity index (χ2v) is 5.57. The Labute approximate surface area is 124 Å². The molecule has 0 aromatic heterocycles. The molecule has 1 fully saturated rings. The third-order valence-electron chi connectivity index (χ3n) is 4.49. The maximum absolute atomic E-state index is 11.9. The van der Waals surface area contributed by atoms with Gasteiger partial charge in [0, 0.05) is 45.6 Å². The van der Waals surface area contributed by atoms with Crippen LogP contribution in [0.4, 0.5) is 11.4 Å². The second kappa shape index (κ2) is 5.29. The Morgan fingerprint density at radius 2 is 1.81 bits per heavy atom. The Hall–Kier alpha value is -1.63. The first-order chi connectivity index (χ1) is 10.1. The van der Waals surface area contributed by atoms with Crippen molar-refractivity contribution in [3.63, 3.8) is 0 Å². The number of amides is 1. The van der Waals surface area contributed by atoms with Gasteiger partial charge in [-0.2, -0.15) is 0 Å². The summed E-state index contributed by atoms with van der Waals surface area (Å²) in [7, 11) is 5.17. The monoisotopic (exact) mass is 291 g/mol. The number of likely N-dealkylation sites (N-methyl/N-ethyl adjacent to an activating group) is 1. The highest BCUT2D eigenvalue weighted by atomic mass is 16.5. The molecule has 1 aromatic carbocycles. The maximum atomic E-state index is 11.9. The fourth-order valence-corrected chi connectivity index (χ4v) is 3.15. The van der Waals surface area contributed by atoms with Crippen LogP contribution in [0.1, 0.15) is 11.6 Å². The highest BCUT2D eigenvalue weighted by molar-refractivity contribution is 6.04. The van der Waals surface area contributed by atoms with Crippen molar-refractivity contribution in [3.05, 3.63) is 23.8 Å². The molecule has 6 nitrogen and oxygen atoms in total. The van der Waals surface area contributed by atoms with Crippen LogP contribution in [0.3, 0.4) is 0 Å². The van der Waals surface area contributed by atoms with Crippen molar-refractivity contribution < 1.29 is 14.3 Å².